The summed E-state index contributed by atoms with van der Waals surface area (Å²) in [5.74, 6) is -0.325. The number of imidazole rings is 1. The van der Waals surface area contributed by atoms with E-state index in [4.69, 9.17) is 11.1 Å². The van der Waals surface area contributed by atoms with Gasteiger partial charge in [0.2, 0.25) is 0 Å². The number of aromatic amines is 1. The Labute approximate surface area is 167 Å². The molecule has 0 atom stereocenters. The molecule has 2 aromatic heterocycles. The average molecular weight is 385 g/mol. The van der Waals surface area contributed by atoms with Crippen molar-refractivity contribution in [2.24, 2.45) is 5.73 Å². The number of hydrogen-bond acceptors (Lipinski definition) is 4. The number of carbonyl (C=O) groups is 1. The smallest absolute Gasteiger partial charge is 0.280 e. The molecule has 1 amide bonds. The monoisotopic (exact) mass is 385 g/mol. The molecule has 29 heavy (non-hydrogen) atoms. The Kier molecular flexibility index (Phi) is 4.66. The normalized spacial score (nSPS) is 10.7. The first-order valence-electron chi connectivity index (χ1n) is 8.92. The number of aryl methyl sites for hydroxylation is 1. The molecule has 0 fully saturated rings. The molecule has 0 unspecified atom stereocenters. The molecule has 2 heterocycles. The SMILES string of the molecule is Cc1cc(C(=O)N(c2ccc(-n3ccnc3)cc2)c2cccc(C(=N)N)c2)[nH]n1. The summed E-state index contributed by atoms with van der Waals surface area (Å²) in [5.41, 5.74) is 9.47. The van der Waals surface area contributed by atoms with Crippen LogP contribution in [0.15, 0.2) is 73.3 Å². The summed E-state index contributed by atoms with van der Waals surface area (Å²) < 4.78 is 1.88. The fraction of sp³-hybridized carbons (Fsp3) is 0.0476. The molecule has 0 aliphatic heterocycles. The van der Waals surface area contributed by atoms with Crippen LogP contribution in [0.3, 0.4) is 0 Å². The minimum Gasteiger partial charge on any atom is -0.384 e. The van der Waals surface area contributed by atoms with Gasteiger partial charge in [0, 0.05) is 35.0 Å². The van der Waals surface area contributed by atoms with Crippen molar-refractivity contribution < 1.29 is 4.79 Å². The van der Waals surface area contributed by atoms with E-state index in [1.165, 1.54) is 0 Å². The van der Waals surface area contributed by atoms with Crippen molar-refractivity contribution in [3.63, 3.8) is 0 Å². The van der Waals surface area contributed by atoms with Crippen molar-refractivity contribution >= 4 is 23.1 Å². The summed E-state index contributed by atoms with van der Waals surface area (Å²) in [6, 6.07) is 16.2. The maximum absolute atomic E-state index is 13.3. The van der Waals surface area contributed by atoms with E-state index in [9.17, 15) is 4.79 Å². The lowest BCUT2D eigenvalue weighted by Crippen LogP contribution is -2.26. The van der Waals surface area contributed by atoms with Crippen LogP contribution in [-0.4, -0.2) is 31.5 Å². The Morgan fingerprint density at radius 1 is 1.14 bits per heavy atom. The van der Waals surface area contributed by atoms with E-state index in [1.54, 1.807) is 47.8 Å². The predicted molar refractivity (Wildman–Crippen MR) is 111 cm³/mol. The highest BCUT2D eigenvalue weighted by Gasteiger charge is 2.22. The summed E-state index contributed by atoms with van der Waals surface area (Å²) in [6.07, 6.45) is 5.26. The third kappa shape index (κ3) is 3.63. The maximum Gasteiger partial charge on any atom is 0.280 e. The molecule has 0 spiro atoms. The van der Waals surface area contributed by atoms with Crippen molar-refractivity contribution in [2.45, 2.75) is 6.92 Å². The number of nitrogen functional groups attached to an aromatic ring is 1. The molecule has 4 rings (SSSR count). The molecule has 0 bridgehead atoms. The van der Waals surface area contributed by atoms with E-state index in [0.29, 0.717) is 22.6 Å². The van der Waals surface area contributed by atoms with E-state index in [1.807, 2.05) is 42.0 Å². The summed E-state index contributed by atoms with van der Waals surface area (Å²) in [5, 5.41) is 14.5. The standard InChI is InChI=1S/C21H19N7O/c1-14-11-19(26-25-14)21(29)28(18-4-2-3-15(12-18)20(22)23)17-7-5-16(6-8-17)27-10-9-24-13-27/h2-13H,1H3,(H3,22,23)(H,25,26). The third-order valence-electron chi connectivity index (χ3n) is 4.47. The van der Waals surface area contributed by atoms with Crippen LogP contribution >= 0.6 is 0 Å². The van der Waals surface area contributed by atoms with Crippen LogP contribution in [0.5, 0.6) is 0 Å². The zero-order valence-electron chi connectivity index (χ0n) is 15.7. The van der Waals surface area contributed by atoms with E-state index >= 15 is 0 Å². The molecule has 8 nitrogen and oxygen atoms in total. The zero-order valence-corrected chi connectivity index (χ0v) is 15.7. The van der Waals surface area contributed by atoms with Gasteiger partial charge in [-0.15, -0.1) is 0 Å². The largest absolute Gasteiger partial charge is 0.384 e. The second-order valence-corrected chi connectivity index (χ2v) is 6.51. The number of amides is 1. The van der Waals surface area contributed by atoms with Gasteiger partial charge in [-0.1, -0.05) is 12.1 Å². The quantitative estimate of drug-likeness (QED) is 0.361. The molecule has 4 N–H and O–H groups in total. The number of aromatic nitrogens is 4. The van der Waals surface area contributed by atoms with Gasteiger partial charge in [-0.2, -0.15) is 5.10 Å². The van der Waals surface area contributed by atoms with Gasteiger partial charge in [-0.3, -0.25) is 20.2 Å². The van der Waals surface area contributed by atoms with Crippen molar-refractivity contribution in [1.82, 2.24) is 19.7 Å². The Morgan fingerprint density at radius 2 is 1.93 bits per heavy atom. The minimum absolute atomic E-state index is 0.0629. The van der Waals surface area contributed by atoms with Crippen molar-refractivity contribution in [1.29, 1.82) is 5.41 Å². The van der Waals surface area contributed by atoms with Gasteiger partial charge >= 0.3 is 0 Å². The molecule has 2 aromatic carbocycles. The summed E-state index contributed by atoms with van der Waals surface area (Å²) >= 11 is 0. The number of hydrogen-bond donors (Lipinski definition) is 3. The first-order valence-corrected chi connectivity index (χ1v) is 8.92. The van der Waals surface area contributed by atoms with Gasteiger partial charge in [0.15, 0.2) is 0 Å². The van der Waals surface area contributed by atoms with Gasteiger partial charge in [-0.25, -0.2) is 4.98 Å². The van der Waals surface area contributed by atoms with E-state index in [0.717, 1.165) is 11.4 Å². The van der Waals surface area contributed by atoms with Crippen molar-refractivity contribution in [3.05, 3.63) is 90.3 Å². The first kappa shape index (κ1) is 18.2. The van der Waals surface area contributed by atoms with Gasteiger partial charge in [0.05, 0.1) is 12.0 Å². The topological polar surface area (TPSA) is 117 Å². The molecule has 4 aromatic rings. The number of carbonyl (C=O) groups excluding carboxylic acids is 1. The number of nitrogens with zero attached hydrogens (tertiary/aromatic N) is 4. The van der Waals surface area contributed by atoms with Gasteiger partial charge in [0.1, 0.15) is 11.5 Å². The third-order valence-corrected chi connectivity index (χ3v) is 4.47. The number of anilines is 2. The lowest BCUT2D eigenvalue weighted by Gasteiger charge is -2.23. The fourth-order valence-corrected chi connectivity index (χ4v) is 3.03. The predicted octanol–water partition coefficient (Wildman–Crippen LogP) is 3.17. The number of nitrogens with two attached hydrogens (primary N) is 1. The lowest BCUT2D eigenvalue weighted by molar-refractivity contribution is 0.0994. The molecular formula is C21H19N7O. The van der Waals surface area contributed by atoms with Crippen LogP contribution < -0.4 is 10.6 Å². The molecule has 0 aliphatic rings. The highest BCUT2D eigenvalue weighted by atomic mass is 16.2. The van der Waals surface area contributed by atoms with Gasteiger partial charge in [0.25, 0.3) is 5.91 Å². The molecule has 0 aliphatic carbocycles. The fourth-order valence-electron chi connectivity index (χ4n) is 3.03. The molecule has 0 saturated carbocycles. The number of benzene rings is 2. The number of nitrogens with one attached hydrogen (secondary N) is 2. The van der Waals surface area contributed by atoms with Crippen LogP contribution in [0, 0.1) is 12.3 Å². The second kappa shape index (κ2) is 7.43. The Bertz CT molecular complexity index is 1160. The summed E-state index contributed by atoms with van der Waals surface area (Å²) in [7, 11) is 0. The zero-order chi connectivity index (χ0) is 20.4. The average Bonchev–Trinajstić information content (AvgIpc) is 3.41. The van der Waals surface area contributed by atoms with Crippen molar-refractivity contribution in [2.75, 3.05) is 4.90 Å². The maximum atomic E-state index is 13.3. The summed E-state index contributed by atoms with van der Waals surface area (Å²) in [4.78, 5) is 18.9. The summed E-state index contributed by atoms with van der Waals surface area (Å²) in [6.45, 7) is 1.81. The van der Waals surface area contributed by atoms with Gasteiger partial charge < -0.3 is 10.3 Å². The molecule has 0 radical (unpaired) electrons. The Morgan fingerprint density at radius 3 is 2.55 bits per heavy atom. The molecular weight excluding hydrogens is 366 g/mol. The number of amidine groups is 1. The second-order valence-electron chi connectivity index (χ2n) is 6.51. The molecule has 8 heteroatoms. The highest BCUT2D eigenvalue weighted by molar-refractivity contribution is 6.10. The highest BCUT2D eigenvalue weighted by Crippen LogP contribution is 2.29. The first-order chi connectivity index (χ1) is 14.0. The minimum atomic E-state index is -0.262. The Balaban J connectivity index is 1.79. The van der Waals surface area contributed by atoms with E-state index in [2.05, 4.69) is 15.2 Å². The van der Waals surface area contributed by atoms with Crippen LogP contribution in [0.1, 0.15) is 21.7 Å². The van der Waals surface area contributed by atoms with Crippen LogP contribution in [-0.2, 0) is 0 Å². The van der Waals surface area contributed by atoms with Crippen LogP contribution in [0.25, 0.3) is 5.69 Å². The van der Waals surface area contributed by atoms with E-state index in [-0.39, 0.29) is 11.7 Å². The van der Waals surface area contributed by atoms with Gasteiger partial charge in [-0.05, 0) is 49.4 Å². The Hall–Kier alpha value is -4.20. The molecule has 0 saturated heterocycles. The lowest BCUT2D eigenvalue weighted by atomic mass is 10.1. The number of rotatable bonds is 5. The van der Waals surface area contributed by atoms with Crippen LogP contribution in [0.4, 0.5) is 11.4 Å². The molecule has 144 valence electrons. The van der Waals surface area contributed by atoms with Crippen molar-refractivity contribution in [3.8, 4) is 5.69 Å². The van der Waals surface area contributed by atoms with E-state index < -0.39 is 0 Å². The van der Waals surface area contributed by atoms with Crippen LogP contribution in [0.2, 0.25) is 0 Å². The number of H-pyrrole nitrogens is 1.